The first kappa shape index (κ1) is 35.4. The molecule has 7 N–H and O–H groups in total. The van der Waals surface area contributed by atoms with Crippen LogP contribution < -0.4 is 27.4 Å². The molecule has 0 aromatic rings. The lowest BCUT2D eigenvalue weighted by atomic mass is 9.97. The fourth-order valence-corrected chi connectivity index (χ4v) is 3.02. The molecule has 37 heavy (non-hydrogen) atoms. The third kappa shape index (κ3) is 14.4. The molecule has 0 fully saturated rings. The van der Waals surface area contributed by atoms with Crippen molar-refractivity contribution >= 4 is 41.4 Å². The molecule has 0 saturated heterocycles. The second-order valence-corrected chi connectivity index (χ2v) is 7.75. The van der Waals surface area contributed by atoms with E-state index in [1.54, 1.807) is 13.8 Å². The highest BCUT2D eigenvalue weighted by Gasteiger charge is 2.29. The summed E-state index contributed by atoms with van der Waals surface area (Å²) in [6.07, 6.45) is 1.86. The SMILES string of the molecule is CC.CC.CC(C)C(=O)[C@H](CCCNC(N)=O)NC(=O)[C@H](CC(N)=O)NC(=O)CCN1C(=O)C=CC1=O. The summed E-state index contributed by atoms with van der Waals surface area (Å²) < 4.78 is 0. The maximum Gasteiger partial charge on any atom is 0.312 e. The van der Waals surface area contributed by atoms with Crippen molar-refractivity contribution in [2.45, 2.75) is 79.3 Å². The van der Waals surface area contributed by atoms with Gasteiger partial charge in [0.25, 0.3) is 11.8 Å². The van der Waals surface area contributed by atoms with Gasteiger partial charge in [0.1, 0.15) is 6.04 Å². The number of Topliss-reactive ketones (excluding diaryl/α,β-unsaturated/α-hetero) is 1. The van der Waals surface area contributed by atoms with E-state index in [-0.39, 0.29) is 31.7 Å². The van der Waals surface area contributed by atoms with Crippen molar-refractivity contribution in [2.24, 2.45) is 17.4 Å². The molecule has 1 aliphatic heterocycles. The first-order valence-corrected chi connectivity index (χ1v) is 12.4. The van der Waals surface area contributed by atoms with Crippen molar-refractivity contribution in [1.82, 2.24) is 20.9 Å². The average molecular weight is 527 g/mol. The third-order valence-corrected chi connectivity index (χ3v) is 4.72. The molecular weight excluding hydrogens is 484 g/mol. The van der Waals surface area contributed by atoms with Gasteiger partial charge in [-0.3, -0.25) is 33.7 Å². The molecule has 7 amide bonds. The Balaban J connectivity index is 0. The molecule has 2 atom stereocenters. The van der Waals surface area contributed by atoms with Crippen molar-refractivity contribution in [3.05, 3.63) is 12.2 Å². The molecule has 0 bridgehead atoms. The van der Waals surface area contributed by atoms with Crippen LogP contribution in [0.1, 0.15) is 67.2 Å². The van der Waals surface area contributed by atoms with Gasteiger partial charge < -0.3 is 27.4 Å². The molecule has 13 heteroatoms. The minimum atomic E-state index is -1.36. The Morgan fingerprint density at radius 1 is 0.892 bits per heavy atom. The van der Waals surface area contributed by atoms with E-state index >= 15 is 0 Å². The number of hydrogen-bond acceptors (Lipinski definition) is 7. The summed E-state index contributed by atoms with van der Waals surface area (Å²) in [4.78, 5) is 83.7. The van der Waals surface area contributed by atoms with Gasteiger partial charge >= 0.3 is 6.03 Å². The normalized spacial score (nSPS) is 13.4. The molecule has 0 spiro atoms. The van der Waals surface area contributed by atoms with Gasteiger partial charge in [0.15, 0.2) is 5.78 Å². The van der Waals surface area contributed by atoms with Crippen LogP contribution in [-0.4, -0.2) is 71.4 Å². The molecular formula is C24H42N6O7. The number of amides is 7. The number of carbonyl (C=O) groups is 7. The summed E-state index contributed by atoms with van der Waals surface area (Å²) in [7, 11) is 0. The number of hydrogen-bond donors (Lipinski definition) is 5. The molecule has 13 nitrogen and oxygen atoms in total. The van der Waals surface area contributed by atoms with Crippen molar-refractivity contribution in [1.29, 1.82) is 0 Å². The number of nitrogens with one attached hydrogen (secondary N) is 3. The van der Waals surface area contributed by atoms with E-state index in [0.717, 1.165) is 17.1 Å². The maximum absolute atomic E-state index is 12.8. The van der Waals surface area contributed by atoms with Crippen LogP contribution in [0.15, 0.2) is 12.2 Å². The topological polar surface area (TPSA) is 211 Å². The fraction of sp³-hybridized carbons (Fsp3) is 0.625. The largest absolute Gasteiger partial charge is 0.370 e. The van der Waals surface area contributed by atoms with Gasteiger partial charge in [0.2, 0.25) is 17.7 Å². The predicted octanol–water partition coefficient (Wildman–Crippen LogP) is -0.127. The highest BCUT2D eigenvalue weighted by atomic mass is 16.2. The van der Waals surface area contributed by atoms with E-state index in [0.29, 0.717) is 6.42 Å². The van der Waals surface area contributed by atoms with Crippen molar-refractivity contribution in [3.8, 4) is 0 Å². The lowest BCUT2D eigenvalue weighted by Gasteiger charge is -2.24. The number of rotatable bonds is 14. The Morgan fingerprint density at radius 3 is 1.89 bits per heavy atom. The average Bonchev–Trinajstić information content (AvgIpc) is 3.17. The van der Waals surface area contributed by atoms with Crippen LogP contribution >= 0.6 is 0 Å². The molecule has 1 aliphatic rings. The van der Waals surface area contributed by atoms with Gasteiger partial charge in [-0.15, -0.1) is 0 Å². The van der Waals surface area contributed by atoms with Crippen molar-refractivity contribution in [2.75, 3.05) is 13.1 Å². The van der Waals surface area contributed by atoms with E-state index in [9.17, 15) is 33.6 Å². The Hall–Kier alpha value is -3.77. The van der Waals surface area contributed by atoms with E-state index in [4.69, 9.17) is 11.5 Å². The Kier molecular flexibility index (Phi) is 18.6. The Labute approximate surface area is 218 Å². The minimum absolute atomic E-state index is 0.187. The molecule has 0 unspecified atom stereocenters. The van der Waals surface area contributed by atoms with Crippen molar-refractivity contribution in [3.63, 3.8) is 0 Å². The number of carbonyl (C=O) groups excluding carboxylic acids is 7. The van der Waals surface area contributed by atoms with Gasteiger partial charge in [-0.1, -0.05) is 41.5 Å². The zero-order valence-corrected chi connectivity index (χ0v) is 22.6. The molecule has 0 aromatic carbocycles. The molecule has 0 saturated carbocycles. The minimum Gasteiger partial charge on any atom is -0.370 e. The van der Waals surface area contributed by atoms with Crippen LogP contribution in [0.25, 0.3) is 0 Å². The fourth-order valence-electron chi connectivity index (χ4n) is 3.02. The third-order valence-electron chi connectivity index (χ3n) is 4.72. The van der Waals surface area contributed by atoms with Gasteiger partial charge in [0, 0.05) is 37.6 Å². The first-order chi connectivity index (χ1) is 17.4. The number of nitrogens with two attached hydrogens (primary N) is 2. The van der Waals surface area contributed by atoms with Gasteiger partial charge in [-0.05, 0) is 12.8 Å². The number of primary amides is 2. The summed E-state index contributed by atoms with van der Waals surface area (Å²) in [5.41, 5.74) is 10.2. The quantitative estimate of drug-likeness (QED) is 0.153. The number of imide groups is 1. The molecule has 0 aliphatic carbocycles. The summed E-state index contributed by atoms with van der Waals surface area (Å²) in [5, 5.41) is 7.26. The van der Waals surface area contributed by atoms with Crippen LogP contribution in [0.2, 0.25) is 0 Å². The molecule has 210 valence electrons. The smallest absolute Gasteiger partial charge is 0.312 e. The number of nitrogens with zero attached hydrogens (tertiary/aromatic N) is 1. The van der Waals surface area contributed by atoms with Gasteiger partial charge in [-0.25, -0.2) is 4.79 Å². The van der Waals surface area contributed by atoms with E-state index in [1.807, 2.05) is 27.7 Å². The summed E-state index contributed by atoms with van der Waals surface area (Å²) >= 11 is 0. The van der Waals surface area contributed by atoms with Crippen LogP contribution in [0.3, 0.4) is 0 Å². The van der Waals surface area contributed by atoms with E-state index < -0.39 is 60.0 Å². The van der Waals surface area contributed by atoms with Crippen LogP contribution in [0, 0.1) is 5.92 Å². The zero-order valence-electron chi connectivity index (χ0n) is 22.6. The molecule has 0 aromatic heterocycles. The summed E-state index contributed by atoms with van der Waals surface area (Å²) in [5.74, 6) is -4.14. The Bertz CT molecular complexity index is 823. The first-order valence-electron chi connectivity index (χ1n) is 12.4. The van der Waals surface area contributed by atoms with Crippen LogP contribution in [0.4, 0.5) is 4.79 Å². The standard InChI is InChI=1S/C20H30N6O7.2C2H6/c1-11(2)18(31)12(4-3-8-23-20(22)33)25-19(32)13(10-14(21)27)24-15(28)7-9-26-16(29)5-6-17(26)30;2*1-2/h5-6,11-13H,3-4,7-10H2,1-2H3,(H2,21,27)(H,24,28)(H,25,32)(H3,22,23,33);2*1-2H3/t12-,13-;;/m0../s1. The predicted molar refractivity (Wildman–Crippen MR) is 138 cm³/mol. The zero-order chi connectivity index (χ0) is 29.1. The Morgan fingerprint density at radius 2 is 1.43 bits per heavy atom. The summed E-state index contributed by atoms with van der Waals surface area (Å²) in [6, 6.07) is -3.00. The summed E-state index contributed by atoms with van der Waals surface area (Å²) in [6.45, 7) is 11.3. The molecule has 0 radical (unpaired) electrons. The van der Waals surface area contributed by atoms with Crippen molar-refractivity contribution < 1.29 is 33.6 Å². The van der Waals surface area contributed by atoms with Crippen LogP contribution in [-0.2, 0) is 28.8 Å². The number of urea groups is 1. The molecule has 1 rings (SSSR count). The van der Waals surface area contributed by atoms with E-state index in [2.05, 4.69) is 16.0 Å². The molecule has 1 heterocycles. The van der Waals surface area contributed by atoms with Gasteiger partial charge in [-0.2, -0.15) is 0 Å². The maximum atomic E-state index is 12.8. The highest BCUT2D eigenvalue weighted by molar-refractivity contribution is 6.13. The monoisotopic (exact) mass is 526 g/mol. The van der Waals surface area contributed by atoms with Gasteiger partial charge in [0.05, 0.1) is 12.5 Å². The highest BCUT2D eigenvalue weighted by Crippen LogP contribution is 2.08. The number of ketones is 1. The van der Waals surface area contributed by atoms with Crippen LogP contribution in [0.5, 0.6) is 0 Å². The second-order valence-electron chi connectivity index (χ2n) is 7.75. The van der Waals surface area contributed by atoms with E-state index in [1.165, 1.54) is 0 Å². The lowest BCUT2D eigenvalue weighted by Crippen LogP contribution is -2.53. The second kappa shape index (κ2) is 19.4. The lowest BCUT2D eigenvalue weighted by molar-refractivity contribution is -0.137.